The number of nitrogens with zero attached hydrogens (tertiary/aromatic N) is 2. The number of carbonyl (C=O) groups excluding carboxylic acids is 2. The van der Waals surface area contributed by atoms with Crippen molar-refractivity contribution in [2.24, 2.45) is 12.8 Å². The third kappa shape index (κ3) is 4.58. The Labute approximate surface area is 197 Å². The Hall–Kier alpha value is -3.89. The molecule has 0 bridgehead atoms. The Morgan fingerprint density at radius 1 is 1.26 bits per heavy atom. The minimum absolute atomic E-state index is 0.0195. The Morgan fingerprint density at radius 2 is 1.94 bits per heavy atom. The van der Waals surface area contributed by atoms with Gasteiger partial charge in [-0.05, 0) is 43.3 Å². The molecule has 4 rings (SSSR count). The number of amides is 2. The molecule has 0 spiro atoms. The highest BCUT2D eigenvalue weighted by atomic mass is 19.4. The molecule has 2 aromatic heterocycles. The second kappa shape index (κ2) is 8.71. The van der Waals surface area contributed by atoms with Crippen LogP contribution in [0.1, 0.15) is 34.5 Å². The number of ether oxygens (including phenoxy) is 1. The van der Waals surface area contributed by atoms with Crippen LogP contribution in [0.3, 0.4) is 0 Å². The van der Waals surface area contributed by atoms with Gasteiger partial charge in [-0.25, -0.2) is 9.37 Å². The molecular weight excluding hydrogens is 468 g/mol. The average Bonchev–Trinajstić information content (AvgIpc) is 3.37. The van der Waals surface area contributed by atoms with Crippen LogP contribution >= 0.6 is 0 Å². The molecule has 0 unspecified atom stereocenters. The summed E-state index contributed by atoms with van der Waals surface area (Å²) in [6.45, 7) is 0.498. The number of aryl methyl sites for hydroxylation is 1. The van der Waals surface area contributed by atoms with Gasteiger partial charge in [-0.2, -0.15) is 13.2 Å². The maximum Gasteiger partial charge on any atom is 0.398 e. The van der Waals surface area contributed by atoms with Gasteiger partial charge >= 0.3 is 6.18 Å². The Kier molecular flexibility index (Phi) is 6.04. The van der Waals surface area contributed by atoms with E-state index in [1.54, 1.807) is 17.8 Å². The molecule has 184 valence electrons. The molecule has 0 saturated carbocycles. The Bertz CT molecular complexity index is 1290. The van der Waals surface area contributed by atoms with Gasteiger partial charge in [-0.1, -0.05) is 0 Å². The lowest BCUT2D eigenvalue weighted by Gasteiger charge is -2.24. The number of primary amides is 1. The molecular formula is C24H22F4N4O3. The molecule has 1 aliphatic heterocycles. The fourth-order valence-corrected chi connectivity index (χ4v) is 3.91. The van der Waals surface area contributed by atoms with Gasteiger partial charge in [0, 0.05) is 37.1 Å². The smallest absolute Gasteiger partial charge is 0.398 e. The molecule has 0 aliphatic carbocycles. The van der Waals surface area contributed by atoms with Gasteiger partial charge in [0.1, 0.15) is 35.2 Å². The van der Waals surface area contributed by atoms with Crippen LogP contribution in [0, 0.1) is 5.82 Å². The van der Waals surface area contributed by atoms with Crippen LogP contribution in [0.5, 0.6) is 5.75 Å². The lowest BCUT2D eigenvalue weighted by molar-refractivity contribution is -0.149. The maximum atomic E-state index is 14.2. The summed E-state index contributed by atoms with van der Waals surface area (Å²) in [5.41, 5.74) is 4.41. The number of benzene rings is 1. The molecule has 0 fully saturated rings. The molecule has 0 radical (unpaired) electrons. The zero-order chi connectivity index (χ0) is 25.5. The summed E-state index contributed by atoms with van der Waals surface area (Å²) in [5, 5.41) is 2.31. The van der Waals surface area contributed by atoms with Crippen molar-refractivity contribution in [3.05, 3.63) is 71.4 Å². The number of rotatable bonds is 6. The molecule has 2 amide bonds. The molecule has 2 atom stereocenters. The van der Waals surface area contributed by atoms with Crippen LogP contribution in [0.2, 0.25) is 0 Å². The lowest BCUT2D eigenvalue weighted by atomic mass is 9.82. The van der Waals surface area contributed by atoms with E-state index in [0.717, 1.165) is 18.2 Å². The fraction of sp³-hybridized carbons (Fsp3) is 0.292. The predicted octanol–water partition coefficient (Wildman–Crippen LogP) is 3.44. The zero-order valence-corrected chi connectivity index (χ0v) is 18.8. The normalized spacial score (nSPS) is 18.0. The molecule has 3 N–H and O–H groups in total. The summed E-state index contributed by atoms with van der Waals surface area (Å²) >= 11 is 0. The second-order valence-electron chi connectivity index (χ2n) is 8.63. The first-order valence-electron chi connectivity index (χ1n) is 10.6. The first-order chi connectivity index (χ1) is 16.4. The van der Waals surface area contributed by atoms with Crippen molar-refractivity contribution in [2.45, 2.75) is 24.4 Å². The van der Waals surface area contributed by atoms with Gasteiger partial charge < -0.3 is 20.4 Å². The third-order valence-electron chi connectivity index (χ3n) is 6.07. The first-order valence-corrected chi connectivity index (χ1v) is 10.6. The van der Waals surface area contributed by atoms with Crippen molar-refractivity contribution in [1.29, 1.82) is 0 Å². The molecule has 1 aliphatic rings. The number of nitrogens with two attached hydrogens (primary N) is 1. The summed E-state index contributed by atoms with van der Waals surface area (Å²) in [5.74, 6) is -4.08. The van der Waals surface area contributed by atoms with E-state index in [-0.39, 0.29) is 29.2 Å². The minimum Gasteiger partial charge on any atom is -0.489 e. The number of nitrogens with one attached hydrogen (secondary N) is 1. The quantitative estimate of drug-likeness (QED) is 0.517. The fourth-order valence-electron chi connectivity index (χ4n) is 3.91. The number of fused-ring (bicyclic) bond motifs is 1. The van der Waals surface area contributed by atoms with E-state index in [1.165, 1.54) is 31.3 Å². The van der Waals surface area contributed by atoms with Crippen LogP contribution in [-0.2, 0) is 17.3 Å². The van der Waals surface area contributed by atoms with E-state index in [2.05, 4.69) is 10.3 Å². The summed E-state index contributed by atoms with van der Waals surface area (Å²) in [7, 11) is 1.68. The van der Waals surface area contributed by atoms with Crippen molar-refractivity contribution >= 4 is 11.8 Å². The highest BCUT2D eigenvalue weighted by molar-refractivity contribution is 5.94. The molecule has 3 aromatic rings. The standard InChI is InChI=1S/C24H22F4N4O3/c1-23(22(29)34)12-35-20-16(23)9-18(31-19(20)13-3-5-15(25)6-4-13)17(24(26,27)28)10-30-21(33)14-7-8-32(2)11-14/h3-9,11,17H,10,12H2,1-2H3,(H2,29,34)(H,30,33)/t17-,23+/m1/s1. The van der Waals surface area contributed by atoms with E-state index < -0.39 is 47.4 Å². The average molecular weight is 490 g/mol. The van der Waals surface area contributed by atoms with Crippen LogP contribution in [0.4, 0.5) is 17.6 Å². The van der Waals surface area contributed by atoms with E-state index in [9.17, 15) is 27.2 Å². The van der Waals surface area contributed by atoms with Gasteiger partial charge in [0.25, 0.3) is 5.91 Å². The Morgan fingerprint density at radius 3 is 2.51 bits per heavy atom. The summed E-state index contributed by atoms with van der Waals surface area (Å²) in [6, 6.07) is 7.61. The number of alkyl halides is 3. The molecule has 35 heavy (non-hydrogen) atoms. The zero-order valence-electron chi connectivity index (χ0n) is 18.8. The Balaban J connectivity index is 1.80. The van der Waals surface area contributed by atoms with Crippen molar-refractivity contribution < 1.29 is 31.9 Å². The minimum atomic E-state index is -4.78. The number of aromatic nitrogens is 2. The summed E-state index contributed by atoms with van der Waals surface area (Å²) < 4.78 is 63.3. The molecule has 1 aromatic carbocycles. The topological polar surface area (TPSA) is 99.2 Å². The summed E-state index contributed by atoms with van der Waals surface area (Å²) in [6.07, 6.45) is -1.71. The monoisotopic (exact) mass is 490 g/mol. The first kappa shape index (κ1) is 24.2. The SMILES string of the molecule is Cn1ccc(C(=O)NC[C@H](c2cc3c(c(-c4ccc(F)cc4)n2)OC[C@]3(C)C(N)=O)C(F)(F)F)c1. The number of carbonyl (C=O) groups is 2. The highest BCUT2D eigenvalue weighted by Gasteiger charge is 2.47. The largest absolute Gasteiger partial charge is 0.489 e. The van der Waals surface area contributed by atoms with Crippen molar-refractivity contribution in [3.63, 3.8) is 0 Å². The van der Waals surface area contributed by atoms with E-state index >= 15 is 0 Å². The molecule has 11 heteroatoms. The highest BCUT2D eigenvalue weighted by Crippen LogP contribution is 2.46. The van der Waals surface area contributed by atoms with E-state index in [1.807, 2.05) is 0 Å². The number of pyridine rings is 1. The molecule has 0 saturated heterocycles. The van der Waals surface area contributed by atoms with Crippen LogP contribution in [-0.4, -0.2) is 40.7 Å². The van der Waals surface area contributed by atoms with Gasteiger partial charge in [0.05, 0.1) is 11.3 Å². The number of halogens is 4. The maximum absolute atomic E-state index is 14.2. The van der Waals surface area contributed by atoms with Gasteiger partial charge in [0.2, 0.25) is 5.91 Å². The van der Waals surface area contributed by atoms with Gasteiger partial charge in [-0.3, -0.25) is 9.59 Å². The predicted molar refractivity (Wildman–Crippen MR) is 118 cm³/mol. The molecule has 7 nitrogen and oxygen atoms in total. The van der Waals surface area contributed by atoms with Crippen molar-refractivity contribution in [2.75, 3.05) is 13.2 Å². The second-order valence-corrected chi connectivity index (χ2v) is 8.63. The molecule has 3 heterocycles. The number of hydrogen-bond acceptors (Lipinski definition) is 4. The van der Waals surface area contributed by atoms with Crippen LogP contribution < -0.4 is 15.8 Å². The van der Waals surface area contributed by atoms with Crippen LogP contribution in [0.15, 0.2) is 48.8 Å². The van der Waals surface area contributed by atoms with Crippen molar-refractivity contribution in [1.82, 2.24) is 14.9 Å². The summed E-state index contributed by atoms with van der Waals surface area (Å²) in [4.78, 5) is 28.8. The third-order valence-corrected chi connectivity index (χ3v) is 6.07. The van der Waals surface area contributed by atoms with Crippen molar-refractivity contribution in [3.8, 4) is 17.0 Å². The van der Waals surface area contributed by atoms with E-state index in [0.29, 0.717) is 5.56 Å². The van der Waals surface area contributed by atoms with Gasteiger partial charge in [0.15, 0.2) is 0 Å². The van der Waals surface area contributed by atoms with Crippen LogP contribution in [0.25, 0.3) is 11.3 Å². The van der Waals surface area contributed by atoms with E-state index in [4.69, 9.17) is 10.5 Å². The van der Waals surface area contributed by atoms with Gasteiger partial charge in [-0.15, -0.1) is 0 Å². The lowest BCUT2D eigenvalue weighted by Crippen LogP contribution is -2.40. The number of hydrogen-bond donors (Lipinski definition) is 2.